The summed E-state index contributed by atoms with van der Waals surface area (Å²) in [5.74, 6) is -2.50. The van der Waals surface area contributed by atoms with Crippen molar-refractivity contribution in [3.63, 3.8) is 0 Å². The van der Waals surface area contributed by atoms with Gasteiger partial charge in [-0.25, -0.2) is 13.6 Å². The lowest BCUT2D eigenvalue weighted by molar-refractivity contribution is -0.143. The van der Waals surface area contributed by atoms with E-state index in [2.05, 4.69) is 15.4 Å². The van der Waals surface area contributed by atoms with E-state index in [-0.39, 0.29) is 24.1 Å². The summed E-state index contributed by atoms with van der Waals surface area (Å²) in [5.41, 5.74) is -0.189. The standard InChI is InChI=1S/C16H20F2N2O3/c1-23-16(22)15(12-8-10(17)6-7-13(12)18)19-9-14(21)20-11-4-2-3-5-11/h6-8,11,15,19H,2-5,9H2,1H3,(H,20,21)/t15-/m1/s1. The molecule has 1 aromatic carbocycles. The van der Waals surface area contributed by atoms with Crippen LogP contribution in [0.1, 0.15) is 37.3 Å². The lowest BCUT2D eigenvalue weighted by Crippen LogP contribution is -2.42. The minimum Gasteiger partial charge on any atom is -0.468 e. The lowest BCUT2D eigenvalue weighted by Gasteiger charge is -2.18. The van der Waals surface area contributed by atoms with E-state index in [0.29, 0.717) is 0 Å². The van der Waals surface area contributed by atoms with Crippen LogP contribution in [-0.4, -0.2) is 31.6 Å². The van der Waals surface area contributed by atoms with Gasteiger partial charge in [0.2, 0.25) is 5.91 Å². The molecule has 2 rings (SSSR count). The predicted molar refractivity (Wildman–Crippen MR) is 79.5 cm³/mol. The third-order valence-electron chi connectivity index (χ3n) is 3.89. The molecule has 1 fully saturated rings. The number of methoxy groups -OCH3 is 1. The number of carbonyl (C=O) groups excluding carboxylic acids is 2. The Kier molecular flexibility index (Phi) is 6.04. The fourth-order valence-electron chi connectivity index (χ4n) is 2.72. The molecule has 0 bridgehead atoms. The number of ether oxygens (including phenoxy) is 1. The Morgan fingerprint density at radius 2 is 2.00 bits per heavy atom. The highest BCUT2D eigenvalue weighted by atomic mass is 19.1. The van der Waals surface area contributed by atoms with Gasteiger partial charge in [-0.2, -0.15) is 0 Å². The number of esters is 1. The first-order valence-electron chi connectivity index (χ1n) is 7.56. The largest absolute Gasteiger partial charge is 0.468 e. The SMILES string of the molecule is COC(=O)[C@H](NCC(=O)NC1CCCC1)c1cc(F)ccc1F. The number of hydrogen-bond acceptors (Lipinski definition) is 4. The highest BCUT2D eigenvalue weighted by Crippen LogP contribution is 2.20. The number of hydrogen-bond donors (Lipinski definition) is 2. The van der Waals surface area contributed by atoms with Crippen LogP contribution < -0.4 is 10.6 Å². The molecule has 23 heavy (non-hydrogen) atoms. The second-order valence-corrected chi connectivity index (χ2v) is 5.55. The van der Waals surface area contributed by atoms with E-state index < -0.39 is 23.6 Å². The van der Waals surface area contributed by atoms with E-state index in [9.17, 15) is 18.4 Å². The van der Waals surface area contributed by atoms with Gasteiger partial charge in [0.25, 0.3) is 0 Å². The molecule has 2 N–H and O–H groups in total. The van der Waals surface area contributed by atoms with Crippen molar-refractivity contribution in [2.45, 2.75) is 37.8 Å². The van der Waals surface area contributed by atoms with E-state index in [1.807, 2.05) is 0 Å². The summed E-state index contributed by atoms with van der Waals surface area (Å²) in [6.07, 6.45) is 4.03. The molecule has 7 heteroatoms. The quantitative estimate of drug-likeness (QED) is 0.783. The van der Waals surface area contributed by atoms with Crippen molar-refractivity contribution < 1.29 is 23.1 Å². The third kappa shape index (κ3) is 4.72. The van der Waals surface area contributed by atoms with Crippen LogP contribution in [0.15, 0.2) is 18.2 Å². The maximum absolute atomic E-state index is 13.9. The summed E-state index contributed by atoms with van der Waals surface area (Å²) in [6.45, 7) is -0.188. The van der Waals surface area contributed by atoms with Gasteiger partial charge < -0.3 is 10.1 Å². The van der Waals surface area contributed by atoms with E-state index >= 15 is 0 Å². The highest BCUT2D eigenvalue weighted by Gasteiger charge is 2.26. The van der Waals surface area contributed by atoms with Gasteiger partial charge in [-0.15, -0.1) is 0 Å². The van der Waals surface area contributed by atoms with Gasteiger partial charge in [0.15, 0.2) is 0 Å². The maximum Gasteiger partial charge on any atom is 0.327 e. The monoisotopic (exact) mass is 326 g/mol. The number of carbonyl (C=O) groups is 2. The van der Waals surface area contributed by atoms with Crippen LogP contribution >= 0.6 is 0 Å². The molecule has 1 aromatic rings. The van der Waals surface area contributed by atoms with Gasteiger partial charge in [-0.1, -0.05) is 12.8 Å². The van der Waals surface area contributed by atoms with Crippen molar-refractivity contribution in [2.75, 3.05) is 13.7 Å². The molecule has 0 radical (unpaired) electrons. The molecule has 0 unspecified atom stereocenters. The van der Waals surface area contributed by atoms with Crippen molar-refractivity contribution in [1.82, 2.24) is 10.6 Å². The van der Waals surface area contributed by atoms with E-state index in [1.54, 1.807) is 0 Å². The van der Waals surface area contributed by atoms with Crippen LogP contribution in [0.4, 0.5) is 8.78 Å². The Morgan fingerprint density at radius 1 is 1.30 bits per heavy atom. The lowest BCUT2D eigenvalue weighted by atomic mass is 10.1. The number of amides is 1. The van der Waals surface area contributed by atoms with Gasteiger partial charge >= 0.3 is 5.97 Å². The molecule has 1 amide bonds. The smallest absolute Gasteiger partial charge is 0.327 e. The predicted octanol–water partition coefficient (Wildman–Crippen LogP) is 1.83. The molecule has 1 atom stereocenters. The van der Waals surface area contributed by atoms with Crippen LogP contribution in [0.25, 0.3) is 0 Å². The average Bonchev–Trinajstić information content (AvgIpc) is 3.03. The first kappa shape index (κ1) is 17.3. The van der Waals surface area contributed by atoms with Crippen LogP contribution in [0.5, 0.6) is 0 Å². The number of halogens is 2. The van der Waals surface area contributed by atoms with Gasteiger partial charge in [0, 0.05) is 11.6 Å². The molecular formula is C16H20F2N2O3. The van der Waals surface area contributed by atoms with Gasteiger partial charge in [-0.05, 0) is 31.0 Å². The first-order chi connectivity index (χ1) is 11.0. The zero-order valence-corrected chi connectivity index (χ0v) is 12.9. The molecule has 126 valence electrons. The maximum atomic E-state index is 13.9. The minimum absolute atomic E-state index is 0.145. The second-order valence-electron chi connectivity index (χ2n) is 5.55. The molecular weight excluding hydrogens is 306 g/mol. The fourth-order valence-corrected chi connectivity index (χ4v) is 2.72. The van der Waals surface area contributed by atoms with Crippen molar-refractivity contribution in [3.8, 4) is 0 Å². The topological polar surface area (TPSA) is 67.4 Å². The van der Waals surface area contributed by atoms with Crippen molar-refractivity contribution >= 4 is 11.9 Å². The molecule has 0 saturated heterocycles. The van der Waals surface area contributed by atoms with Crippen molar-refractivity contribution in [3.05, 3.63) is 35.4 Å². The molecule has 0 aromatic heterocycles. The first-order valence-corrected chi connectivity index (χ1v) is 7.56. The Balaban J connectivity index is 2.02. The van der Waals surface area contributed by atoms with Gasteiger partial charge in [0.1, 0.15) is 17.7 Å². The fraction of sp³-hybridized carbons (Fsp3) is 0.500. The van der Waals surface area contributed by atoms with Crippen LogP contribution in [0.3, 0.4) is 0 Å². The summed E-state index contributed by atoms with van der Waals surface area (Å²) < 4.78 is 31.8. The zero-order valence-electron chi connectivity index (χ0n) is 12.9. The number of nitrogens with one attached hydrogen (secondary N) is 2. The molecule has 1 saturated carbocycles. The number of rotatable bonds is 6. The van der Waals surface area contributed by atoms with E-state index in [1.165, 1.54) is 0 Å². The second kappa shape index (κ2) is 8.01. The van der Waals surface area contributed by atoms with Crippen LogP contribution in [0, 0.1) is 11.6 Å². The van der Waals surface area contributed by atoms with Gasteiger partial charge in [-0.3, -0.25) is 10.1 Å². The highest BCUT2D eigenvalue weighted by molar-refractivity contribution is 5.81. The Morgan fingerprint density at radius 3 is 2.65 bits per heavy atom. The minimum atomic E-state index is -1.25. The Labute approximate surface area is 133 Å². The normalized spacial score (nSPS) is 16.1. The average molecular weight is 326 g/mol. The summed E-state index contributed by atoms with van der Waals surface area (Å²) >= 11 is 0. The Bertz CT molecular complexity index is 574. The summed E-state index contributed by atoms with van der Waals surface area (Å²) in [5, 5.41) is 5.48. The molecule has 0 aliphatic heterocycles. The zero-order chi connectivity index (χ0) is 16.8. The van der Waals surface area contributed by atoms with Crippen molar-refractivity contribution in [1.29, 1.82) is 0 Å². The van der Waals surface area contributed by atoms with E-state index in [4.69, 9.17) is 0 Å². The van der Waals surface area contributed by atoms with Crippen LogP contribution in [-0.2, 0) is 14.3 Å². The number of benzene rings is 1. The van der Waals surface area contributed by atoms with Gasteiger partial charge in [0.05, 0.1) is 13.7 Å². The molecule has 5 nitrogen and oxygen atoms in total. The van der Waals surface area contributed by atoms with Crippen LogP contribution in [0.2, 0.25) is 0 Å². The summed E-state index contributed by atoms with van der Waals surface area (Å²) in [7, 11) is 1.15. The molecule has 1 aliphatic carbocycles. The molecule has 0 spiro atoms. The Hall–Kier alpha value is -2.02. The summed E-state index contributed by atoms with van der Waals surface area (Å²) in [6, 6.07) is 1.71. The van der Waals surface area contributed by atoms with E-state index in [0.717, 1.165) is 51.0 Å². The molecule has 1 aliphatic rings. The summed E-state index contributed by atoms with van der Waals surface area (Å²) in [4.78, 5) is 23.7. The third-order valence-corrected chi connectivity index (χ3v) is 3.89. The molecule has 0 heterocycles. The van der Waals surface area contributed by atoms with Crippen molar-refractivity contribution in [2.24, 2.45) is 0 Å².